The predicted octanol–water partition coefficient (Wildman–Crippen LogP) is 4.08. The molecule has 1 aromatic carbocycles. The van der Waals surface area contributed by atoms with E-state index in [1.807, 2.05) is 0 Å². The van der Waals surface area contributed by atoms with Crippen molar-refractivity contribution in [1.29, 1.82) is 0 Å². The number of aromatic amines is 1. The molecular weight excluding hydrogens is 196 g/mol. The maximum atomic E-state index is 4.70. The lowest BCUT2D eigenvalue weighted by molar-refractivity contribution is 0.611. The number of hydrogen-bond acceptors (Lipinski definition) is 1. The zero-order valence-electron chi connectivity index (χ0n) is 10.6. The summed E-state index contributed by atoms with van der Waals surface area (Å²) in [4.78, 5) is 8.16. The Morgan fingerprint density at radius 3 is 2.38 bits per heavy atom. The second-order valence-electron chi connectivity index (χ2n) is 4.59. The minimum atomic E-state index is 0.563. The number of hydrogen-bond donors (Lipinski definition) is 1. The predicted molar refractivity (Wildman–Crippen MR) is 68.9 cm³/mol. The van der Waals surface area contributed by atoms with Crippen LogP contribution in [0.3, 0.4) is 0 Å². The number of aryl methyl sites for hydroxylation is 2. The highest BCUT2D eigenvalue weighted by molar-refractivity contribution is 5.77. The number of rotatable bonds is 3. The molecule has 0 saturated heterocycles. The zero-order valence-corrected chi connectivity index (χ0v) is 10.6. The largest absolute Gasteiger partial charge is 0.342 e. The van der Waals surface area contributed by atoms with Crippen molar-refractivity contribution in [2.45, 2.75) is 46.5 Å². The van der Waals surface area contributed by atoms with E-state index in [1.54, 1.807) is 0 Å². The number of nitrogens with zero attached hydrogens (tertiary/aromatic N) is 1. The fourth-order valence-corrected chi connectivity index (χ4v) is 2.16. The van der Waals surface area contributed by atoms with Crippen LogP contribution in [0.4, 0.5) is 0 Å². The number of H-pyrrole nitrogens is 1. The topological polar surface area (TPSA) is 28.7 Å². The maximum Gasteiger partial charge on any atom is 0.110 e. The molecule has 0 aliphatic heterocycles. The second-order valence-corrected chi connectivity index (χ2v) is 4.59. The first-order valence-corrected chi connectivity index (χ1v) is 6.12. The Morgan fingerprint density at radius 1 is 1.12 bits per heavy atom. The van der Waals surface area contributed by atoms with Crippen LogP contribution in [-0.4, -0.2) is 9.97 Å². The van der Waals surface area contributed by atoms with E-state index in [4.69, 9.17) is 4.98 Å². The lowest BCUT2D eigenvalue weighted by atomic mass is 10.0. The Labute approximate surface area is 97.1 Å². The van der Waals surface area contributed by atoms with Gasteiger partial charge >= 0.3 is 0 Å². The van der Waals surface area contributed by atoms with Crippen molar-refractivity contribution >= 4 is 11.0 Å². The third-order valence-electron chi connectivity index (χ3n) is 3.49. The molecule has 1 N–H and O–H groups in total. The van der Waals surface area contributed by atoms with E-state index in [9.17, 15) is 0 Å². The molecule has 86 valence electrons. The lowest BCUT2D eigenvalue weighted by Gasteiger charge is -2.07. The Balaban J connectivity index is 2.51. The smallest absolute Gasteiger partial charge is 0.110 e. The summed E-state index contributed by atoms with van der Waals surface area (Å²) in [5, 5.41) is 0. The first-order chi connectivity index (χ1) is 7.65. The van der Waals surface area contributed by atoms with Crippen LogP contribution in [0.1, 0.15) is 49.6 Å². The molecule has 0 unspecified atom stereocenters. The number of nitrogens with one attached hydrogen (secondary N) is 1. The quantitative estimate of drug-likeness (QED) is 0.822. The fraction of sp³-hybridized carbons (Fsp3) is 0.500. The van der Waals surface area contributed by atoms with Crippen LogP contribution >= 0.6 is 0 Å². The van der Waals surface area contributed by atoms with Crippen molar-refractivity contribution < 1.29 is 0 Å². The van der Waals surface area contributed by atoms with Gasteiger partial charge in [0.2, 0.25) is 0 Å². The van der Waals surface area contributed by atoms with Crippen LogP contribution in [-0.2, 0) is 0 Å². The molecule has 2 aromatic rings. The van der Waals surface area contributed by atoms with Gasteiger partial charge in [-0.05, 0) is 49.9 Å². The van der Waals surface area contributed by atoms with Gasteiger partial charge in [0.25, 0.3) is 0 Å². The number of fused-ring (bicyclic) bond motifs is 1. The van der Waals surface area contributed by atoms with Crippen LogP contribution in [0.15, 0.2) is 12.1 Å². The van der Waals surface area contributed by atoms with Crippen LogP contribution < -0.4 is 0 Å². The molecule has 2 rings (SSSR count). The maximum absolute atomic E-state index is 4.70. The van der Waals surface area contributed by atoms with E-state index < -0.39 is 0 Å². The highest BCUT2D eigenvalue weighted by Gasteiger charge is 2.12. The highest BCUT2D eigenvalue weighted by Crippen LogP contribution is 2.24. The molecule has 0 fully saturated rings. The molecule has 0 bridgehead atoms. The third kappa shape index (κ3) is 1.84. The van der Waals surface area contributed by atoms with Gasteiger partial charge in [-0.15, -0.1) is 0 Å². The molecule has 0 radical (unpaired) electrons. The van der Waals surface area contributed by atoms with Gasteiger partial charge in [-0.3, -0.25) is 0 Å². The van der Waals surface area contributed by atoms with Gasteiger partial charge in [0, 0.05) is 5.92 Å². The molecule has 2 nitrogen and oxygen atoms in total. The molecule has 16 heavy (non-hydrogen) atoms. The SMILES string of the molecule is CCC(CC)c1nc2cc(C)c(C)cc2[nH]1. The fourth-order valence-electron chi connectivity index (χ4n) is 2.16. The molecule has 0 spiro atoms. The molecule has 0 amide bonds. The van der Waals surface area contributed by atoms with Gasteiger partial charge < -0.3 is 4.98 Å². The summed E-state index contributed by atoms with van der Waals surface area (Å²) in [6, 6.07) is 4.37. The van der Waals surface area contributed by atoms with Crippen molar-refractivity contribution in [2.75, 3.05) is 0 Å². The van der Waals surface area contributed by atoms with Gasteiger partial charge in [-0.1, -0.05) is 13.8 Å². The van der Waals surface area contributed by atoms with E-state index in [0.29, 0.717) is 5.92 Å². The lowest BCUT2D eigenvalue weighted by Crippen LogP contribution is -1.97. The number of aromatic nitrogens is 2. The van der Waals surface area contributed by atoms with Gasteiger partial charge in [0.1, 0.15) is 5.82 Å². The van der Waals surface area contributed by atoms with Crippen molar-refractivity contribution in [3.05, 3.63) is 29.1 Å². The summed E-state index contributed by atoms with van der Waals surface area (Å²) in [7, 11) is 0. The van der Waals surface area contributed by atoms with E-state index in [-0.39, 0.29) is 0 Å². The molecule has 1 aromatic heterocycles. The number of imidazole rings is 1. The zero-order chi connectivity index (χ0) is 11.7. The molecule has 0 aliphatic rings. The third-order valence-corrected chi connectivity index (χ3v) is 3.49. The van der Waals surface area contributed by atoms with Crippen LogP contribution in [0.5, 0.6) is 0 Å². The van der Waals surface area contributed by atoms with Gasteiger partial charge in [-0.25, -0.2) is 4.98 Å². The summed E-state index contributed by atoms with van der Waals surface area (Å²) in [6.07, 6.45) is 2.29. The first kappa shape index (κ1) is 11.2. The molecule has 0 saturated carbocycles. The Bertz CT molecular complexity index is 454. The summed E-state index contributed by atoms with van der Waals surface area (Å²) in [5.41, 5.74) is 4.91. The highest BCUT2D eigenvalue weighted by atomic mass is 14.9. The minimum Gasteiger partial charge on any atom is -0.342 e. The molecular formula is C14H20N2. The monoisotopic (exact) mass is 216 g/mol. The average Bonchev–Trinajstić information content (AvgIpc) is 2.63. The van der Waals surface area contributed by atoms with Crippen LogP contribution in [0.2, 0.25) is 0 Å². The first-order valence-electron chi connectivity index (χ1n) is 6.12. The van der Waals surface area contributed by atoms with Gasteiger partial charge in [0.15, 0.2) is 0 Å². The van der Waals surface area contributed by atoms with Crippen LogP contribution in [0.25, 0.3) is 11.0 Å². The van der Waals surface area contributed by atoms with E-state index in [0.717, 1.165) is 24.2 Å². The molecule has 2 heteroatoms. The Morgan fingerprint density at radius 2 is 1.75 bits per heavy atom. The van der Waals surface area contributed by atoms with Gasteiger partial charge in [-0.2, -0.15) is 0 Å². The second kappa shape index (κ2) is 4.28. The summed E-state index contributed by atoms with van der Waals surface area (Å²) in [6.45, 7) is 8.72. The Hall–Kier alpha value is -1.31. The van der Waals surface area contributed by atoms with E-state index in [1.165, 1.54) is 16.6 Å². The summed E-state index contributed by atoms with van der Waals surface area (Å²) in [5.74, 6) is 1.71. The van der Waals surface area contributed by atoms with E-state index in [2.05, 4.69) is 44.8 Å². The molecule has 1 heterocycles. The van der Waals surface area contributed by atoms with Crippen LogP contribution in [0, 0.1) is 13.8 Å². The number of benzene rings is 1. The standard InChI is InChI=1S/C14H20N2/c1-5-11(6-2)14-15-12-7-9(3)10(4)8-13(12)16-14/h7-8,11H,5-6H2,1-4H3,(H,15,16). The van der Waals surface area contributed by atoms with Crippen molar-refractivity contribution in [2.24, 2.45) is 0 Å². The summed E-state index contributed by atoms with van der Waals surface area (Å²) < 4.78 is 0. The normalized spacial score (nSPS) is 11.6. The average molecular weight is 216 g/mol. The molecule has 0 aliphatic carbocycles. The molecule has 0 atom stereocenters. The van der Waals surface area contributed by atoms with E-state index >= 15 is 0 Å². The van der Waals surface area contributed by atoms with Crippen molar-refractivity contribution in [3.8, 4) is 0 Å². The van der Waals surface area contributed by atoms with Gasteiger partial charge in [0.05, 0.1) is 11.0 Å². The Kier molecular flexibility index (Phi) is 2.99. The minimum absolute atomic E-state index is 0.563. The summed E-state index contributed by atoms with van der Waals surface area (Å²) >= 11 is 0. The van der Waals surface area contributed by atoms with Crippen molar-refractivity contribution in [3.63, 3.8) is 0 Å². The van der Waals surface area contributed by atoms with Crippen molar-refractivity contribution in [1.82, 2.24) is 9.97 Å².